The Hall–Kier alpha value is -0.670. The molecule has 2 nitrogen and oxygen atoms in total. The molecule has 2 N–H and O–H groups in total. The van der Waals surface area contributed by atoms with Crippen LogP contribution >= 0.6 is 0 Å². The summed E-state index contributed by atoms with van der Waals surface area (Å²) in [6.45, 7) is 1.83. The van der Waals surface area contributed by atoms with Gasteiger partial charge in [0.2, 0.25) is 11.8 Å². The molecule has 0 aromatic rings. The number of amides is 1. The zero-order valence-corrected chi connectivity index (χ0v) is 7.78. The summed E-state index contributed by atoms with van der Waals surface area (Å²) in [6.07, 6.45) is 0.615. The lowest BCUT2D eigenvalue weighted by Crippen LogP contribution is -2.42. The van der Waals surface area contributed by atoms with E-state index in [2.05, 4.69) is 0 Å². The van der Waals surface area contributed by atoms with Crippen LogP contribution in [0.4, 0.5) is 8.78 Å². The first-order valence-corrected chi connectivity index (χ1v) is 4.60. The number of nitrogens with two attached hydrogens (primary N) is 1. The highest BCUT2D eigenvalue weighted by atomic mass is 19.3. The first kappa shape index (κ1) is 10.4. The third kappa shape index (κ3) is 1.98. The molecule has 76 valence electrons. The van der Waals surface area contributed by atoms with E-state index < -0.39 is 17.2 Å². The van der Waals surface area contributed by atoms with Gasteiger partial charge in [-0.3, -0.25) is 4.79 Å². The minimum Gasteiger partial charge on any atom is -0.369 e. The second kappa shape index (κ2) is 3.24. The summed E-state index contributed by atoms with van der Waals surface area (Å²) in [4.78, 5) is 11.1. The lowest BCUT2D eigenvalue weighted by atomic mass is 9.70. The molecule has 0 spiro atoms. The van der Waals surface area contributed by atoms with Gasteiger partial charge in [0.05, 0.1) is 0 Å². The molecule has 0 aliphatic heterocycles. The number of hydrogen-bond acceptors (Lipinski definition) is 1. The summed E-state index contributed by atoms with van der Waals surface area (Å²) < 4.78 is 25.6. The van der Waals surface area contributed by atoms with Crippen molar-refractivity contribution in [2.45, 2.75) is 45.0 Å². The second-order valence-electron chi connectivity index (χ2n) is 3.85. The molecule has 0 aromatic carbocycles. The lowest BCUT2D eigenvalue weighted by molar-refractivity contribution is -0.136. The van der Waals surface area contributed by atoms with Gasteiger partial charge in [0.15, 0.2) is 0 Å². The fourth-order valence-electron chi connectivity index (χ4n) is 1.87. The molecule has 0 radical (unpaired) electrons. The average molecular weight is 191 g/mol. The van der Waals surface area contributed by atoms with E-state index in [1.807, 2.05) is 6.92 Å². The van der Waals surface area contributed by atoms with Crippen LogP contribution in [0.5, 0.6) is 0 Å². The predicted octanol–water partition coefficient (Wildman–Crippen LogP) is 2.08. The van der Waals surface area contributed by atoms with Gasteiger partial charge in [-0.05, 0) is 19.3 Å². The number of hydrogen-bond donors (Lipinski definition) is 1. The van der Waals surface area contributed by atoms with Crippen molar-refractivity contribution in [1.82, 2.24) is 0 Å². The Bertz CT molecular complexity index is 206. The Morgan fingerprint density at radius 2 is 1.77 bits per heavy atom. The first-order valence-electron chi connectivity index (χ1n) is 4.60. The van der Waals surface area contributed by atoms with Crippen LogP contribution in [0.15, 0.2) is 0 Å². The Balaban J connectivity index is 2.69. The molecule has 4 heteroatoms. The third-order valence-electron chi connectivity index (χ3n) is 3.14. The summed E-state index contributed by atoms with van der Waals surface area (Å²) in [5.74, 6) is -3.01. The first-order chi connectivity index (χ1) is 5.92. The Morgan fingerprint density at radius 1 is 1.31 bits per heavy atom. The molecule has 13 heavy (non-hydrogen) atoms. The molecule has 0 saturated heterocycles. The quantitative estimate of drug-likeness (QED) is 0.713. The number of halogens is 2. The number of primary amides is 1. The Kier molecular flexibility index (Phi) is 2.59. The van der Waals surface area contributed by atoms with Gasteiger partial charge in [-0.1, -0.05) is 6.92 Å². The minimum atomic E-state index is -2.59. The van der Waals surface area contributed by atoms with E-state index in [0.717, 1.165) is 0 Å². The highest BCUT2D eigenvalue weighted by Crippen LogP contribution is 2.45. The SMILES string of the molecule is CCC1(C(N)=O)CCC(F)(F)CC1. The maximum atomic E-state index is 12.8. The van der Waals surface area contributed by atoms with E-state index in [-0.39, 0.29) is 25.7 Å². The van der Waals surface area contributed by atoms with Crippen LogP contribution < -0.4 is 5.73 Å². The molecule has 1 saturated carbocycles. The maximum absolute atomic E-state index is 12.8. The van der Waals surface area contributed by atoms with E-state index in [9.17, 15) is 13.6 Å². The summed E-state index contributed by atoms with van der Waals surface area (Å²) in [6, 6.07) is 0. The Morgan fingerprint density at radius 3 is 2.08 bits per heavy atom. The molecule has 0 aromatic heterocycles. The molecule has 1 amide bonds. The number of carbonyl (C=O) groups excluding carboxylic acids is 1. The van der Waals surface area contributed by atoms with Crippen LogP contribution in [-0.4, -0.2) is 11.8 Å². The van der Waals surface area contributed by atoms with Gasteiger partial charge in [0.1, 0.15) is 0 Å². The summed E-state index contributed by atoms with van der Waals surface area (Å²) in [5, 5.41) is 0. The van der Waals surface area contributed by atoms with E-state index in [1.165, 1.54) is 0 Å². The molecule has 1 aliphatic carbocycles. The van der Waals surface area contributed by atoms with Gasteiger partial charge in [0.25, 0.3) is 0 Å². The van der Waals surface area contributed by atoms with Crippen molar-refractivity contribution in [2.24, 2.45) is 11.1 Å². The van der Waals surface area contributed by atoms with Gasteiger partial charge in [-0.15, -0.1) is 0 Å². The van der Waals surface area contributed by atoms with E-state index in [0.29, 0.717) is 6.42 Å². The standard InChI is InChI=1S/C9H15F2NO/c1-2-8(7(12)13)3-5-9(10,11)6-4-8/h2-6H2,1H3,(H2,12,13). The highest BCUT2D eigenvalue weighted by molar-refractivity contribution is 5.80. The van der Waals surface area contributed by atoms with Crippen LogP contribution in [0, 0.1) is 5.41 Å². The zero-order valence-electron chi connectivity index (χ0n) is 7.78. The smallest absolute Gasteiger partial charge is 0.248 e. The number of rotatable bonds is 2. The van der Waals surface area contributed by atoms with Crippen LogP contribution in [0.2, 0.25) is 0 Å². The normalized spacial score (nSPS) is 25.5. The Labute approximate surface area is 76.5 Å². The van der Waals surface area contributed by atoms with E-state index in [4.69, 9.17) is 5.73 Å². The topological polar surface area (TPSA) is 43.1 Å². The molecular formula is C9H15F2NO. The highest BCUT2D eigenvalue weighted by Gasteiger charge is 2.45. The van der Waals surface area contributed by atoms with Crippen molar-refractivity contribution in [1.29, 1.82) is 0 Å². The van der Waals surface area contributed by atoms with Crippen molar-refractivity contribution in [3.8, 4) is 0 Å². The van der Waals surface area contributed by atoms with E-state index in [1.54, 1.807) is 0 Å². The maximum Gasteiger partial charge on any atom is 0.248 e. The molecular weight excluding hydrogens is 176 g/mol. The fraction of sp³-hybridized carbons (Fsp3) is 0.889. The fourth-order valence-corrected chi connectivity index (χ4v) is 1.87. The monoisotopic (exact) mass is 191 g/mol. The van der Waals surface area contributed by atoms with Crippen LogP contribution in [0.3, 0.4) is 0 Å². The molecule has 1 aliphatic rings. The van der Waals surface area contributed by atoms with Crippen molar-refractivity contribution < 1.29 is 13.6 Å². The van der Waals surface area contributed by atoms with Crippen molar-refractivity contribution >= 4 is 5.91 Å². The van der Waals surface area contributed by atoms with Crippen LogP contribution in [0.1, 0.15) is 39.0 Å². The number of carbonyl (C=O) groups is 1. The molecule has 0 bridgehead atoms. The van der Waals surface area contributed by atoms with Crippen molar-refractivity contribution in [3.63, 3.8) is 0 Å². The molecule has 0 heterocycles. The lowest BCUT2D eigenvalue weighted by Gasteiger charge is -2.36. The number of alkyl halides is 2. The molecule has 1 fully saturated rings. The van der Waals surface area contributed by atoms with Gasteiger partial charge in [-0.25, -0.2) is 8.78 Å². The molecule has 0 unspecified atom stereocenters. The van der Waals surface area contributed by atoms with Gasteiger partial charge in [0, 0.05) is 18.3 Å². The molecule has 1 rings (SSSR count). The third-order valence-corrected chi connectivity index (χ3v) is 3.14. The predicted molar refractivity (Wildman–Crippen MR) is 45.3 cm³/mol. The summed E-state index contributed by atoms with van der Waals surface area (Å²) >= 11 is 0. The average Bonchev–Trinajstić information content (AvgIpc) is 2.05. The zero-order chi connectivity index (χ0) is 10.1. The van der Waals surface area contributed by atoms with Gasteiger partial charge in [-0.2, -0.15) is 0 Å². The van der Waals surface area contributed by atoms with Crippen molar-refractivity contribution in [2.75, 3.05) is 0 Å². The van der Waals surface area contributed by atoms with Crippen LogP contribution in [0.25, 0.3) is 0 Å². The van der Waals surface area contributed by atoms with Crippen molar-refractivity contribution in [3.05, 3.63) is 0 Å². The van der Waals surface area contributed by atoms with Gasteiger partial charge < -0.3 is 5.73 Å². The van der Waals surface area contributed by atoms with Gasteiger partial charge >= 0.3 is 0 Å². The molecule has 0 atom stereocenters. The summed E-state index contributed by atoms with van der Waals surface area (Å²) in [7, 11) is 0. The van der Waals surface area contributed by atoms with E-state index >= 15 is 0 Å². The minimum absolute atomic E-state index is 0.205. The summed E-state index contributed by atoms with van der Waals surface area (Å²) in [5.41, 5.74) is 4.55. The largest absolute Gasteiger partial charge is 0.369 e. The van der Waals surface area contributed by atoms with Crippen LogP contribution in [-0.2, 0) is 4.79 Å². The second-order valence-corrected chi connectivity index (χ2v) is 3.85.